The van der Waals surface area contributed by atoms with Gasteiger partial charge in [0.05, 0.1) is 22.8 Å². The minimum atomic E-state index is -0.984. The minimum Gasteiger partial charge on any atom is -0.465 e. The summed E-state index contributed by atoms with van der Waals surface area (Å²) in [7, 11) is 0. The van der Waals surface area contributed by atoms with Gasteiger partial charge in [-0.25, -0.2) is 9.78 Å². The van der Waals surface area contributed by atoms with Gasteiger partial charge in [0.1, 0.15) is 18.9 Å². The van der Waals surface area contributed by atoms with Gasteiger partial charge in [0.15, 0.2) is 0 Å². The van der Waals surface area contributed by atoms with Crippen LogP contribution in [0.25, 0.3) is 11.0 Å². The first-order valence-electron chi connectivity index (χ1n) is 10.1. The Morgan fingerprint density at radius 1 is 1.39 bits per heavy atom. The number of carboxylic acid groups (broad SMARTS) is 1. The van der Waals surface area contributed by atoms with Gasteiger partial charge in [0, 0.05) is 37.0 Å². The Kier molecular flexibility index (Phi) is 5.58. The van der Waals surface area contributed by atoms with Gasteiger partial charge < -0.3 is 15.0 Å². The van der Waals surface area contributed by atoms with Gasteiger partial charge in [-0.1, -0.05) is 0 Å². The molecule has 2 aromatic heterocycles. The van der Waals surface area contributed by atoms with E-state index < -0.39 is 6.09 Å². The Hall–Kier alpha value is -3.87. The molecule has 1 atom stereocenters. The molecule has 1 aromatic carbocycles. The molecule has 0 saturated carbocycles. The molecule has 10 heteroatoms. The van der Waals surface area contributed by atoms with Crippen LogP contribution in [0.4, 0.5) is 10.5 Å². The van der Waals surface area contributed by atoms with Crippen LogP contribution in [-0.4, -0.2) is 49.0 Å². The van der Waals surface area contributed by atoms with Crippen molar-refractivity contribution in [1.82, 2.24) is 24.6 Å². The monoisotopic (exact) mass is 421 g/mol. The molecular weight excluding hydrogens is 398 g/mol. The molecule has 3 aromatic rings. The Bertz CT molecular complexity index is 1160. The number of nitrogens with one attached hydrogen (secondary N) is 1. The number of carbonyl (C=O) groups is 2. The van der Waals surface area contributed by atoms with E-state index in [1.54, 1.807) is 16.9 Å². The number of nitrogens with zero attached hydrogens (tertiary/aromatic N) is 6. The standard InChI is InChI=1S/C21H23N7O3/c1-14-3-4-15-16(28(14)21(30)31)5-6-17-20(15)25-18(7-12-26-11-2-9-24-26)27(17)13-19(29)23-10-8-22/h2,5-6,9,11,14H,3-4,7,10,12-13H2,1H3,(H,23,29)(H,30,31)/t14-/m0/s1. The van der Waals surface area contributed by atoms with E-state index in [-0.39, 0.29) is 25.0 Å². The van der Waals surface area contributed by atoms with Crippen LogP contribution in [0.3, 0.4) is 0 Å². The number of imidazole rings is 1. The number of hydrogen-bond donors (Lipinski definition) is 2. The predicted octanol–water partition coefficient (Wildman–Crippen LogP) is 1.93. The number of nitriles is 1. The highest BCUT2D eigenvalue weighted by Crippen LogP contribution is 2.36. The van der Waals surface area contributed by atoms with Crippen LogP contribution >= 0.6 is 0 Å². The van der Waals surface area contributed by atoms with Crippen molar-refractivity contribution in [3.05, 3.63) is 42.0 Å². The number of hydrogen-bond acceptors (Lipinski definition) is 5. The van der Waals surface area contributed by atoms with Crippen LogP contribution < -0.4 is 10.2 Å². The second kappa shape index (κ2) is 8.47. The quantitative estimate of drug-likeness (QED) is 0.585. The van der Waals surface area contributed by atoms with Gasteiger partial charge in [-0.2, -0.15) is 10.4 Å². The lowest BCUT2D eigenvalue weighted by atomic mass is 9.96. The first-order chi connectivity index (χ1) is 15.0. The minimum absolute atomic E-state index is 0.0322. The van der Waals surface area contributed by atoms with Gasteiger partial charge in [0.25, 0.3) is 0 Å². The molecule has 1 aliphatic rings. The molecule has 0 aliphatic carbocycles. The molecule has 0 fully saturated rings. The lowest BCUT2D eigenvalue weighted by Gasteiger charge is -2.33. The van der Waals surface area contributed by atoms with E-state index in [1.807, 2.05) is 35.9 Å². The molecule has 160 valence electrons. The molecular formula is C21H23N7O3. The van der Waals surface area contributed by atoms with Crippen LogP contribution in [0.5, 0.6) is 0 Å². The second-order valence-corrected chi connectivity index (χ2v) is 7.54. The Morgan fingerprint density at radius 2 is 2.23 bits per heavy atom. The molecule has 2 N–H and O–H groups in total. The summed E-state index contributed by atoms with van der Waals surface area (Å²) >= 11 is 0. The van der Waals surface area contributed by atoms with Gasteiger partial charge >= 0.3 is 6.09 Å². The van der Waals surface area contributed by atoms with E-state index >= 15 is 0 Å². The Balaban J connectivity index is 1.76. The topological polar surface area (TPSA) is 129 Å². The third-order valence-corrected chi connectivity index (χ3v) is 5.59. The van der Waals surface area contributed by atoms with Crippen LogP contribution in [0.1, 0.15) is 24.7 Å². The Morgan fingerprint density at radius 3 is 2.94 bits per heavy atom. The highest BCUT2D eigenvalue weighted by atomic mass is 16.4. The van der Waals surface area contributed by atoms with Gasteiger partial charge in [-0.15, -0.1) is 0 Å². The number of fused-ring (bicyclic) bond motifs is 3. The summed E-state index contributed by atoms with van der Waals surface area (Å²) < 4.78 is 3.64. The maximum Gasteiger partial charge on any atom is 0.412 e. The van der Waals surface area contributed by atoms with E-state index in [0.717, 1.165) is 16.6 Å². The zero-order valence-electron chi connectivity index (χ0n) is 17.2. The molecule has 10 nitrogen and oxygen atoms in total. The van der Waals surface area contributed by atoms with Crippen LogP contribution in [0.15, 0.2) is 30.6 Å². The molecule has 31 heavy (non-hydrogen) atoms. The number of anilines is 1. The summed E-state index contributed by atoms with van der Waals surface area (Å²) in [5, 5.41) is 25.2. The fourth-order valence-corrected chi connectivity index (χ4v) is 4.12. The normalized spacial score (nSPS) is 15.5. The third kappa shape index (κ3) is 3.94. The fraction of sp³-hybridized carbons (Fsp3) is 0.381. The lowest BCUT2D eigenvalue weighted by Crippen LogP contribution is -2.41. The highest BCUT2D eigenvalue weighted by Gasteiger charge is 2.30. The summed E-state index contributed by atoms with van der Waals surface area (Å²) in [6.45, 7) is 2.46. The first-order valence-corrected chi connectivity index (χ1v) is 10.1. The van der Waals surface area contributed by atoms with Crippen LogP contribution in [0.2, 0.25) is 0 Å². The summed E-state index contributed by atoms with van der Waals surface area (Å²) in [4.78, 5) is 30.4. The average molecular weight is 421 g/mol. The third-order valence-electron chi connectivity index (χ3n) is 5.59. The smallest absolute Gasteiger partial charge is 0.412 e. The van der Waals surface area contributed by atoms with Crippen molar-refractivity contribution < 1.29 is 14.7 Å². The molecule has 0 unspecified atom stereocenters. The number of amides is 2. The van der Waals surface area contributed by atoms with E-state index in [4.69, 9.17) is 10.2 Å². The fourth-order valence-electron chi connectivity index (χ4n) is 4.12. The number of carbonyl (C=O) groups excluding carboxylic acids is 1. The number of rotatable bonds is 6. The highest BCUT2D eigenvalue weighted by molar-refractivity contribution is 5.95. The molecule has 0 radical (unpaired) electrons. The molecule has 3 heterocycles. The summed E-state index contributed by atoms with van der Waals surface area (Å²) in [5.41, 5.74) is 3.03. The maximum absolute atomic E-state index is 12.4. The number of aromatic nitrogens is 4. The van der Waals surface area contributed by atoms with Gasteiger partial charge in [-0.3, -0.25) is 14.4 Å². The van der Waals surface area contributed by atoms with Crippen LogP contribution in [-0.2, 0) is 30.7 Å². The number of benzene rings is 1. The average Bonchev–Trinajstić information content (AvgIpc) is 3.38. The van der Waals surface area contributed by atoms with Crippen molar-refractivity contribution >= 4 is 28.7 Å². The van der Waals surface area contributed by atoms with Crippen molar-refractivity contribution in [2.75, 3.05) is 11.4 Å². The van der Waals surface area contributed by atoms with E-state index in [0.29, 0.717) is 37.3 Å². The summed E-state index contributed by atoms with van der Waals surface area (Å²) in [5.74, 6) is 0.436. The first kappa shape index (κ1) is 20.4. The molecule has 0 bridgehead atoms. The van der Waals surface area contributed by atoms with Gasteiger partial charge in [0.2, 0.25) is 5.91 Å². The van der Waals surface area contributed by atoms with Crippen molar-refractivity contribution in [2.45, 2.75) is 45.3 Å². The van der Waals surface area contributed by atoms with Crippen molar-refractivity contribution in [3.8, 4) is 6.07 Å². The zero-order chi connectivity index (χ0) is 22.0. The molecule has 1 aliphatic heterocycles. The molecule has 0 saturated heterocycles. The van der Waals surface area contributed by atoms with Crippen molar-refractivity contribution in [1.29, 1.82) is 5.26 Å². The molecule has 2 amide bonds. The summed E-state index contributed by atoms with van der Waals surface area (Å²) in [6, 6.07) is 7.26. The zero-order valence-corrected chi connectivity index (χ0v) is 17.2. The second-order valence-electron chi connectivity index (χ2n) is 7.54. The SMILES string of the molecule is C[C@H]1CCc2c(ccc3c2nc(CCn2cccn2)n3CC(=O)NCC#N)N1C(=O)O. The van der Waals surface area contributed by atoms with E-state index in [2.05, 4.69) is 10.4 Å². The van der Waals surface area contributed by atoms with Crippen LogP contribution in [0, 0.1) is 11.3 Å². The number of aryl methyl sites for hydroxylation is 3. The molecule has 4 rings (SSSR count). The summed E-state index contributed by atoms with van der Waals surface area (Å²) in [6.07, 6.45) is 4.55. The van der Waals surface area contributed by atoms with E-state index in [9.17, 15) is 14.7 Å². The van der Waals surface area contributed by atoms with Crippen molar-refractivity contribution in [2.24, 2.45) is 0 Å². The maximum atomic E-state index is 12.4. The van der Waals surface area contributed by atoms with E-state index in [1.165, 1.54) is 4.90 Å². The van der Waals surface area contributed by atoms with Crippen molar-refractivity contribution in [3.63, 3.8) is 0 Å². The lowest BCUT2D eigenvalue weighted by molar-refractivity contribution is -0.121. The largest absolute Gasteiger partial charge is 0.465 e. The van der Waals surface area contributed by atoms with Gasteiger partial charge in [-0.05, 0) is 38.0 Å². The predicted molar refractivity (Wildman–Crippen MR) is 113 cm³/mol. The Labute approximate surface area is 178 Å². The molecule has 0 spiro atoms.